The molecular formula is C15H25NOS. The molecule has 4 atom stereocenters. The number of hydrogen-bond donors (Lipinski definition) is 2. The van der Waals surface area contributed by atoms with Gasteiger partial charge in [-0.1, -0.05) is 43.7 Å². The number of aliphatic hydroxyl groups excluding tert-OH is 1. The average Bonchev–Trinajstić information content (AvgIpc) is 2.35. The Morgan fingerprint density at radius 1 is 1.22 bits per heavy atom. The summed E-state index contributed by atoms with van der Waals surface area (Å²) in [6.07, 6.45) is 0.630. The van der Waals surface area contributed by atoms with Crippen molar-refractivity contribution in [1.82, 2.24) is 0 Å². The van der Waals surface area contributed by atoms with Gasteiger partial charge in [0.05, 0.1) is 6.10 Å². The van der Waals surface area contributed by atoms with Gasteiger partial charge in [-0.15, -0.1) is 11.8 Å². The van der Waals surface area contributed by atoms with Gasteiger partial charge in [0.25, 0.3) is 0 Å². The fourth-order valence-electron chi connectivity index (χ4n) is 1.74. The molecule has 0 saturated carbocycles. The molecule has 0 bridgehead atoms. The minimum absolute atomic E-state index is 0.124. The zero-order chi connectivity index (χ0) is 13.7. The summed E-state index contributed by atoms with van der Waals surface area (Å²) < 4.78 is 0. The van der Waals surface area contributed by atoms with Gasteiger partial charge in [0.1, 0.15) is 0 Å². The third-order valence-corrected chi connectivity index (χ3v) is 5.04. The lowest BCUT2D eigenvalue weighted by atomic mass is 10.0. The standard InChI is InChI=1S/C15H25NOS/c1-5-14(16)15(18-12(4)11(3)17)13-8-6-10(2)7-9-13/h6-9,11-12,14-15,17H,5,16H2,1-4H3. The quantitative estimate of drug-likeness (QED) is 0.831. The number of nitrogens with two attached hydrogens (primary N) is 1. The lowest BCUT2D eigenvalue weighted by molar-refractivity contribution is 0.196. The predicted octanol–water partition coefficient (Wildman–Crippen LogP) is 3.28. The van der Waals surface area contributed by atoms with Gasteiger partial charge in [0, 0.05) is 16.5 Å². The third kappa shape index (κ3) is 4.30. The van der Waals surface area contributed by atoms with Crippen LogP contribution in [0, 0.1) is 6.92 Å². The number of aliphatic hydroxyl groups is 1. The number of hydrogen-bond acceptors (Lipinski definition) is 3. The van der Waals surface area contributed by atoms with E-state index in [0.29, 0.717) is 0 Å². The first-order valence-corrected chi connectivity index (χ1v) is 7.55. The Kier molecular flexibility index (Phi) is 6.19. The lowest BCUT2D eigenvalue weighted by Crippen LogP contribution is -2.28. The normalized spacial score (nSPS) is 18.1. The van der Waals surface area contributed by atoms with E-state index in [1.54, 1.807) is 11.8 Å². The largest absolute Gasteiger partial charge is 0.392 e. The van der Waals surface area contributed by atoms with Crippen molar-refractivity contribution >= 4 is 11.8 Å². The molecule has 18 heavy (non-hydrogen) atoms. The number of thioether (sulfide) groups is 1. The molecule has 0 spiro atoms. The molecule has 2 nitrogen and oxygen atoms in total. The topological polar surface area (TPSA) is 46.2 Å². The highest BCUT2D eigenvalue weighted by Crippen LogP contribution is 2.36. The van der Waals surface area contributed by atoms with Crippen LogP contribution in [0.1, 0.15) is 43.6 Å². The van der Waals surface area contributed by atoms with E-state index in [0.717, 1.165) is 6.42 Å². The molecular weight excluding hydrogens is 242 g/mol. The van der Waals surface area contributed by atoms with Crippen LogP contribution in [0.5, 0.6) is 0 Å². The van der Waals surface area contributed by atoms with Crippen molar-refractivity contribution in [2.24, 2.45) is 5.73 Å². The Bertz CT molecular complexity index is 350. The summed E-state index contributed by atoms with van der Waals surface area (Å²) in [7, 11) is 0. The number of aryl methyl sites for hydroxylation is 1. The third-order valence-electron chi connectivity index (χ3n) is 3.31. The Morgan fingerprint density at radius 3 is 2.22 bits per heavy atom. The fraction of sp³-hybridized carbons (Fsp3) is 0.600. The van der Waals surface area contributed by atoms with Gasteiger partial charge in [0.15, 0.2) is 0 Å². The minimum Gasteiger partial charge on any atom is -0.392 e. The summed E-state index contributed by atoms with van der Waals surface area (Å²) in [6, 6.07) is 8.67. The van der Waals surface area contributed by atoms with Gasteiger partial charge in [-0.25, -0.2) is 0 Å². The van der Waals surface area contributed by atoms with Crippen LogP contribution in [-0.4, -0.2) is 22.5 Å². The summed E-state index contributed by atoms with van der Waals surface area (Å²) in [5.41, 5.74) is 8.75. The van der Waals surface area contributed by atoms with E-state index in [1.807, 2.05) is 6.92 Å². The molecule has 4 unspecified atom stereocenters. The number of rotatable bonds is 6. The molecule has 0 saturated heterocycles. The molecule has 0 amide bonds. The second kappa shape index (κ2) is 7.17. The Hall–Kier alpha value is -0.510. The second-order valence-corrected chi connectivity index (χ2v) is 6.51. The molecule has 102 valence electrons. The Labute approximate surface area is 115 Å². The summed E-state index contributed by atoms with van der Waals surface area (Å²) in [4.78, 5) is 0. The van der Waals surface area contributed by atoms with Crippen molar-refractivity contribution in [2.45, 2.75) is 56.8 Å². The van der Waals surface area contributed by atoms with Gasteiger partial charge in [-0.3, -0.25) is 0 Å². The summed E-state index contributed by atoms with van der Waals surface area (Å²) >= 11 is 1.77. The van der Waals surface area contributed by atoms with Crippen molar-refractivity contribution in [3.63, 3.8) is 0 Å². The van der Waals surface area contributed by atoms with Crippen LogP contribution in [0.4, 0.5) is 0 Å². The van der Waals surface area contributed by atoms with E-state index in [2.05, 4.69) is 45.0 Å². The SMILES string of the molecule is CCC(N)C(SC(C)C(C)O)c1ccc(C)cc1. The van der Waals surface area contributed by atoms with E-state index >= 15 is 0 Å². The molecule has 1 aromatic carbocycles. The van der Waals surface area contributed by atoms with Crippen LogP contribution >= 0.6 is 11.8 Å². The molecule has 3 heteroatoms. The van der Waals surface area contributed by atoms with E-state index in [1.165, 1.54) is 11.1 Å². The molecule has 0 radical (unpaired) electrons. The van der Waals surface area contributed by atoms with Gasteiger partial charge < -0.3 is 10.8 Å². The maximum atomic E-state index is 9.65. The van der Waals surface area contributed by atoms with Crippen molar-refractivity contribution in [1.29, 1.82) is 0 Å². The highest BCUT2D eigenvalue weighted by molar-refractivity contribution is 8.00. The first-order valence-electron chi connectivity index (χ1n) is 6.61. The molecule has 1 aromatic rings. The first-order chi connectivity index (χ1) is 8.45. The monoisotopic (exact) mass is 267 g/mol. The van der Waals surface area contributed by atoms with Crippen LogP contribution in [0.3, 0.4) is 0 Å². The molecule has 0 aromatic heterocycles. The molecule has 0 aliphatic carbocycles. The maximum Gasteiger partial charge on any atom is 0.0628 e. The molecule has 0 fully saturated rings. The van der Waals surface area contributed by atoms with Crippen molar-refractivity contribution < 1.29 is 5.11 Å². The molecule has 3 N–H and O–H groups in total. The average molecular weight is 267 g/mol. The van der Waals surface area contributed by atoms with Gasteiger partial charge >= 0.3 is 0 Å². The van der Waals surface area contributed by atoms with Crippen molar-refractivity contribution in [3.8, 4) is 0 Å². The predicted molar refractivity (Wildman–Crippen MR) is 80.9 cm³/mol. The van der Waals surface area contributed by atoms with Crippen LogP contribution in [-0.2, 0) is 0 Å². The summed E-state index contributed by atoms with van der Waals surface area (Å²) in [5, 5.41) is 10.1. The maximum absolute atomic E-state index is 9.65. The Morgan fingerprint density at radius 2 is 1.78 bits per heavy atom. The minimum atomic E-state index is -0.313. The van der Waals surface area contributed by atoms with E-state index in [4.69, 9.17) is 5.73 Å². The van der Waals surface area contributed by atoms with Gasteiger partial charge in [-0.2, -0.15) is 0 Å². The summed E-state index contributed by atoms with van der Waals surface area (Å²) in [6.45, 7) is 8.09. The van der Waals surface area contributed by atoms with Crippen LogP contribution in [0.2, 0.25) is 0 Å². The van der Waals surface area contributed by atoms with Crippen LogP contribution in [0.15, 0.2) is 24.3 Å². The zero-order valence-corrected chi connectivity index (χ0v) is 12.6. The summed E-state index contributed by atoms with van der Waals surface area (Å²) in [5.74, 6) is 0. The number of benzene rings is 1. The highest BCUT2D eigenvalue weighted by Gasteiger charge is 2.23. The van der Waals surface area contributed by atoms with Gasteiger partial charge in [-0.05, 0) is 25.8 Å². The van der Waals surface area contributed by atoms with E-state index < -0.39 is 0 Å². The lowest BCUT2D eigenvalue weighted by Gasteiger charge is -2.27. The molecule has 0 aliphatic heterocycles. The van der Waals surface area contributed by atoms with E-state index in [-0.39, 0.29) is 22.6 Å². The Balaban J connectivity index is 2.87. The second-order valence-electron chi connectivity index (χ2n) is 4.99. The molecule has 0 aliphatic rings. The van der Waals surface area contributed by atoms with Crippen LogP contribution < -0.4 is 5.73 Å². The molecule has 0 heterocycles. The van der Waals surface area contributed by atoms with Gasteiger partial charge in [0.2, 0.25) is 0 Å². The fourth-order valence-corrected chi connectivity index (χ4v) is 3.14. The van der Waals surface area contributed by atoms with Crippen LogP contribution in [0.25, 0.3) is 0 Å². The first kappa shape index (κ1) is 15.5. The highest BCUT2D eigenvalue weighted by atomic mass is 32.2. The zero-order valence-electron chi connectivity index (χ0n) is 11.8. The van der Waals surface area contributed by atoms with E-state index in [9.17, 15) is 5.11 Å². The van der Waals surface area contributed by atoms with Crippen molar-refractivity contribution in [3.05, 3.63) is 35.4 Å². The van der Waals surface area contributed by atoms with Crippen molar-refractivity contribution in [2.75, 3.05) is 0 Å². The molecule has 1 rings (SSSR count). The smallest absolute Gasteiger partial charge is 0.0628 e.